The molecule has 0 spiro atoms. The normalized spacial score (nSPS) is 13.8. The molecule has 0 aliphatic heterocycles. The summed E-state index contributed by atoms with van der Waals surface area (Å²) < 4.78 is 0. The fourth-order valence-corrected chi connectivity index (χ4v) is 9.10. The van der Waals surface area contributed by atoms with Gasteiger partial charge in [0.1, 0.15) is 0 Å². The number of hydrogen-bond acceptors (Lipinski definition) is 0. The molecule has 0 nitrogen and oxygen atoms in total. The van der Waals surface area contributed by atoms with Gasteiger partial charge in [0.05, 0.1) is 0 Å². The van der Waals surface area contributed by atoms with Crippen LogP contribution < -0.4 is 0 Å². The Morgan fingerprint density at radius 2 is 0.868 bits per heavy atom. The maximum Gasteiger partial charge on any atom is -0.000123 e. The highest BCUT2D eigenvalue weighted by molar-refractivity contribution is 5.94. The number of benzene rings is 8. The van der Waals surface area contributed by atoms with Gasteiger partial charge in [-0.3, -0.25) is 0 Å². The van der Waals surface area contributed by atoms with Crippen molar-refractivity contribution >= 4 is 33.4 Å². The van der Waals surface area contributed by atoms with Crippen molar-refractivity contribution in [3.63, 3.8) is 0 Å². The van der Waals surface area contributed by atoms with E-state index in [1.54, 1.807) is 0 Å². The molecule has 1 unspecified atom stereocenters. The minimum Gasteiger partial charge on any atom is -0.0911 e. The van der Waals surface area contributed by atoms with Crippen LogP contribution in [0.5, 0.6) is 0 Å². The number of rotatable bonds is 14. The molecular formula is C68H58. The van der Waals surface area contributed by atoms with Gasteiger partial charge in [0.2, 0.25) is 0 Å². The molecule has 1 aliphatic carbocycles. The third-order valence-corrected chi connectivity index (χ3v) is 12.9. The van der Waals surface area contributed by atoms with E-state index in [9.17, 15) is 0 Å². The Kier molecular flexibility index (Phi) is 14.3. The molecule has 0 saturated carbocycles. The van der Waals surface area contributed by atoms with Gasteiger partial charge in [0.25, 0.3) is 0 Å². The van der Waals surface area contributed by atoms with Crippen molar-refractivity contribution in [1.29, 1.82) is 0 Å². The minimum absolute atomic E-state index is 0.171. The Morgan fingerprint density at radius 1 is 0.412 bits per heavy atom. The molecule has 8 aromatic carbocycles. The van der Waals surface area contributed by atoms with Crippen LogP contribution in [-0.2, 0) is 0 Å². The molecule has 0 heterocycles. The van der Waals surface area contributed by atoms with Gasteiger partial charge in [-0.2, -0.15) is 0 Å². The molecule has 8 aromatic rings. The van der Waals surface area contributed by atoms with Crippen molar-refractivity contribution in [3.05, 3.63) is 300 Å². The molecule has 0 heteroatoms. The van der Waals surface area contributed by atoms with Crippen LogP contribution in [0.25, 0.3) is 66.8 Å². The second-order valence-corrected chi connectivity index (χ2v) is 17.9. The van der Waals surface area contributed by atoms with Gasteiger partial charge in [0, 0.05) is 0 Å². The molecule has 0 aromatic heterocycles. The second-order valence-electron chi connectivity index (χ2n) is 17.9. The first-order chi connectivity index (χ1) is 33.3. The third-order valence-electron chi connectivity index (χ3n) is 12.9. The summed E-state index contributed by atoms with van der Waals surface area (Å²) in [5, 5.41) is 0. The van der Waals surface area contributed by atoms with Crippen LogP contribution in [0, 0.1) is 0 Å². The summed E-state index contributed by atoms with van der Waals surface area (Å²) in [5.74, 6) is 0.171. The molecular weight excluding hydrogens is 817 g/mol. The second kappa shape index (κ2) is 21.5. The summed E-state index contributed by atoms with van der Waals surface area (Å²) in [6, 6.07) is 76.6. The van der Waals surface area contributed by atoms with Gasteiger partial charge in [0.15, 0.2) is 0 Å². The van der Waals surface area contributed by atoms with Gasteiger partial charge < -0.3 is 0 Å². The first-order valence-corrected chi connectivity index (χ1v) is 23.9. The molecule has 1 aliphatic rings. The van der Waals surface area contributed by atoms with Crippen molar-refractivity contribution in [2.24, 2.45) is 0 Å². The highest BCUT2D eigenvalue weighted by Crippen LogP contribution is 2.36. The van der Waals surface area contributed by atoms with Crippen LogP contribution in [0.1, 0.15) is 78.5 Å². The smallest absolute Gasteiger partial charge is 0.000123 e. The predicted molar refractivity (Wildman–Crippen MR) is 296 cm³/mol. The molecule has 0 N–H and O–H groups in total. The summed E-state index contributed by atoms with van der Waals surface area (Å²) in [6.45, 7) is 11.5. The molecule has 68 heavy (non-hydrogen) atoms. The van der Waals surface area contributed by atoms with Gasteiger partial charge in [-0.1, -0.05) is 220 Å². The van der Waals surface area contributed by atoms with Crippen molar-refractivity contribution < 1.29 is 0 Å². The quantitative estimate of drug-likeness (QED) is 0.0955. The Bertz CT molecular complexity index is 3150. The Labute approximate surface area is 404 Å². The van der Waals surface area contributed by atoms with E-state index >= 15 is 0 Å². The van der Waals surface area contributed by atoms with E-state index in [2.05, 4.69) is 276 Å². The van der Waals surface area contributed by atoms with E-state index in [-0.39, 0.29) is 5.92 Å². The van der Waals surface area contributed by atoms with Crippen molar-refractivity contribution in [1.82, 2.24) is 0 Å². The summed E-state index contributed by atoms with van der Waals surface area (Å²) >= 11 is 0. The molecule has 330 valence electrons. The predicted octanol–water partition coefficient (Wildman–Crippen LogP) is 18.9. The molecule has 0 saturated heterocycles. The lowest BCUT2D eigenvalue weighted by molar-refractivity contribution is 0.970. The third kappa shape index (κ3) is 11.1. The summed E-state index contributed by atoms with van der Waals surface area (Å²) in [4.78, 5) is 0. The standard InChI is InChI=1S/C68H58/c1-49(53-24-11-5-12-25-53)38-63(40-51(3)61-43-65(55-28-15-7-16-29-55)47-66(44-61)56-30-17-8-18-31-56)59-36-23-37-60(42-59)64(39-50(2)54-26-13-6-14-27-54)41-52(4)62-45-67(57-32-19-9-20-33-57)48-68(46-62)58-34-21-10-22-35-58/h5-7,9-17,19-48,50H,3,8,18H2,1-2,4H3/b49-38+,52-41+,63-40+,64-39+. The van der Waals surface area contributed by atoms with E-state index in [1.807, 2.05) is 0 Å². The summed E-state index contributed by atoms with van der Waals surface area (Å²) in [6.07, 6.45) is 18.4. The highest BCUT2D eigenvalue weighted by atomic mass is 14.2. The van der Waals surface area contributed by atoms with Crippen LogP contribution in [0.4, 0.5) is 0 Å². The maximum absolute atomic E-state index is 4.79. The zero-order chi connectivity index (χ0) is 46.7. The molecule has 0 fully saturated rings. The average molecular weight is 875 g/mol. The van der Waals surface area contributed by atoms with E-state index in [0.717, 1.165) is 40.7 Å². The maximum atomic E-state index is 4.79. The SMILES string of the molecule is C=C(/C=C(\C=C(/C)c1ccccc1)c1cccc(C(/C=C(\C)c2cc(-c3ccccc3)cc(-c3ccccc3)c2)=C/C(C)c2ccccc2)c1)c1cc(C2=CCCC=C2)cc(-c2ccccc2)c1. The molecule has 0 amide bonds. The van der Waals surface area contributed by atoms with Crippen LogP contribution in [0.3, 0.4) is 0 Å². The molecule has 0 bridgehead atoms. The van der Waals surface area contributed by atoms with E-state index in [0.29, 0.717) is 0 Å². The van der Waals surface area contributed by atoms with Crippen molar-refractivity contribution in [3.8, 4) is 33.4 Å². The van der Waals surface area contributed by atoms with Gasteiger partial charge in [-0.25, -0.2) is 0 Å². The molecule has 0 radical (unpaired) electrons. The summed E-state index contributed by atoms with van der Waals surface area (Å²) in [7, 11) is 0. The largest absolute Gasteiger partial charge is 0.0911 e. The lowest BCUT2D eigenvalue weighted by Crippen LogP contribution is -1.94. The zero-order valence-corrected chi connectivity index (χ0v) is 39.4. The van der Waals surface area contributed by atoms with E-state index < -0.39 is 0 Å². The monoisotopic (exact) mass is 874 g/mol. The van der Waals surface area contributed by atoms with Crippen LogP contribution >= 0.6 is 0 Å². The van der Waals surface area contributed by atoms with Crippen LogP contribution in [0.15, 0.2) is 261 Å². The topological polar surface area (TPSA) is 0 Å². The molecule has 9 rings (SSSR count). The van der Waals surface area contributed by atoms with Gasteiger partial charge in [-0.15, -0.1) is 0 Å². The first-order valence-electron chi connectivity index (χ1n) is 23.9. The fraction of sp³-hybridized carbons (Fsp3) is 0.0882. The Morgan fingerprint density at radius 3 is 1.43 bits per heavy atom. The van der Waals surface area contributed by atoms with E-state index in [1.165, 1.54) is 77.9 Å². The fourth-order valence-electron chi connectivity index (χ4n) is 9.10. The van der Waals surface area contributed by atoms with Crippen LogP contribution in [0.2, 0.25) is 0 Å². The van der Waals surface area contributed by atoms with Crippen molar-refractivity contribution in [2.75, 3.05) is 0 Å². The average Bonchev–Trinajstić information content (AvgIpc) is 3.41. The minimum atomic E-state index is 0.171. The lowest BCUT2D eigenvalue weighted by atomic mass is 9.89. The van der Waals surface area contributed by atoms with E-state index in [4.69, 9.17) is 6.58 Å². The van der Waals surface area contributed by atoms with Crippen molar-refractivity contribution in [2.45, 2.75) is 39.5 Å². The van der Waals surface area contributed by atoms with Gasteiger partial charge in [-0.05, 0) is 187 Å². The number of hydrogen-bond donors (Lipinski definition) is 0. The molecule has 1 atom stereocenters. The zero-order valence-electron chi connectivity index (χ0n) is 39.4. The Balaban J connectivity index is 1.18. The summed E-state index contributed by atoms with van der Waals surface area (Å²) in [5.41, 5.74) is 22.3. The highest BCUT2D eigenvalue weighted by Gasteiger charge is 2.14. The number of allylic oxidation sites excluding steroid dienone is 13. The van der Waals surface area contributed by atoms with Crippen LogP contribution in [-0.4, -0.2) is 0 Å². The first kappa shape index (κ1) is 45.1. The van der Waals surface area contributed by atoms with Gasteiger partial charge >= 0.3 is 0 Å². The lowest BCUT2D eigenvalue weighted by Gasteiger charge is -2.16. The Hall–Kier alpha value is -8.06.